The minimum Gasteiger partial charge on any atom is -0.508 e. The Labute approximate surface area is 117 Å². The number of esters is 1. The minimum atomic E-state index is -0.388. The summed E-state index contributed by atoms with van der Waals surface area (Å²) >= 11 is 0. The van der Waals surface area contributed by atoms with Crippen molar-refractivity contribution in [1.82, 2.24) is 0 Å². The van der Waals surface area contributed by atoms with Crippen LogP contribution in [0.1, 0.15) is 30.9 Å². The minimum absolute atomic E-state index is 0.0123. The van der Waals surface area contributed by atoms with Gasteiger partial charge in [-0.15, -0.1) is 0 Å². The van der Waals surface area contributed by atoms with E-state index in [9.17, 15) is 14.7 Å². The molecule has 0 spiro atoms. The van der Waals surface area contributed by atoms with Crippen LogP contribution in [0.5, 0.6) is 5.75 Å². The average molecular weight is 278 g/mol. The molecule has 0 bridgehead atoms. The zero-order valence-electron chi connectivity index (χ0n) is 11.3. The molecule has 5 nitrogen and oxygen atoms in total. The predicted molar refractivity (Wildman–Crippen MR) is 73.9 cm³/mol. The fourth-order valence-corrected chi connectivity index (χ4v) is 1.57. The second kappa shape index (κ2) is 8.12. The summed E-state index contributed by atoms with van der Waals surface area (Å²) in [4.78, 5) is 22.6. The number of ketones is 1. The molecule has 1 aromatic carbocycles. The highest BCUT2D eigenvalue weighted by atomic mass is 16.5. The highest BCUT2D eigenvalue weighted by molar-refractivity contribution is 5.95. The molecule has 0 amide bonds. The number of hydrogen-bond acceptors (Lipinski definition) is 5. The fourth-order valence-electron chi connectivity index (χ4n) is 1.57. The third-order valence-electron chi connectivity index (χ3n) is 2.62. The van der Waals surface area contributed by atoms with Crippen molar-refractivity contribution in [3.8, 4) is 5.75 Å². The van der Waals surface area contributed by atoms with E-state index in [4.69, 9.17) is 9.84 Å². The van der Waals surface area contributed by atoms with Crippen molar-refractivity contribution in [2.24, 2.45) is 0 Å². The van der Waals surface area contributed by atoms with Gasteiger partial charge in [-0.05, 0) is 30.7 Å². The molecule has 0 fully saturated rings. The first-order chi connectivity index (χ1) is 9.56. The molecule has 20 heavy (non-hydrogen) atoms. The van der Waals surface area contributed by atoms with Crippen LogP contribution < -0.4 is 0 Å². The molecule has 0 unspecified atom stereocenters. The third-order valence-corrected chi connectivity index (χ3v) is 2.62. The van der Waals surface area contributed by atoms with Crippen LogP contribution >= 0.6 is 0 Å². The van der Waals surface area contributed by atoms with Gasteiger partial charge in [0.15, 0.2) is 5.78 Å². The lowest BCUT2D eigenvalue weighted by atomic mass is 10.1. The molecular weight excluding hydrogens is 260 g/mol. The molecule has 0 radical (unpaired) electrons. The topological polar surface area (TPSA) is 83.8 Å². The van der Waals surface area contributed by atoms with E-state index >= 15 is 0 Å². The van der Waals surface area contributed by atoms with Gasteiger partial charge in [0, 0.05) is 12.0 Å². The molecule has 2 N–H and O–H groups in total. The van der Waals surface area contributed by atoms with Gasteiger partial charge in [-0.1, -0.05) is 12.1 Å². The Hall–Kier alpha value is -2.14. The highest BCUT2D eigenvalue weighted by Gasteiger charge is 2.05. The molecule has 0 aliphatic heterocycles. The van der Waals surface area contributed by atoms with Gasteiger partial charge in [0.2, 0.25) is 0 Å². The van der Waals surface area contributed by atoms with Gasteiger partial charge in [0.1, 0.15) is 5.75 Å². The molecule has 0 aliphatic rings. The number of aromatic hydroxyl groups is 1. The van der Waals surface area contributed by atoms with E-state index in [-0.39, 0.29) is 37.0 Å². The first-order valence-corrected chi connectivity index (χ1v) is 6.36. The summed E-state index contributed by atoms with van der Waals surface area (Å²) < 4.78 is 4.73. The van der Waals surface area contributed by atoms with Crippen LogP contribution in [0.4, 0.5) is 0 Å². The van der Waals surface area contributed by atoms with Gasteiger partial charge in [0.05, 0.1) is 19.6 Å². The number of aliphatic hydroxyl groups is 1. The number of aliphatic hydroxyl groups excluding tert-OH is 1. The van der Waals surface area contributed by atoms with Gasteiger partial charge in [-0.3, -0.25) is 9.59 Å². The number of allylic oxidation sites excluding steroid dienone is 1. The predicted octanol–water partition coefficient (Wildman–Crippen LogP) is 1.81. The summed E-state index contributed by atoms with van der Waals surface area (Å²) in [6, 6.07) is 4.67. The van der Waals surface area contributed by atoms with Crippen molar-refractivity contribution in [2.75, 3.05) is 6.61 Å². The Kier molecular flexibility index (Phi) is 6.46. The molecule has 0 heterocycles. The Morgan fingerprint density at radius 2 is 2.05 bits per heavy atom. The second-order valence-electron chi connectivity index (χ2n) is 4.15. The van der Waals surface area contributed by atoms with Crippen molar-refractivity contribution in [3.63, 3.8) is 0 Å². The molecule has 1 aromatic rings. The molecule has 0 saturated carbocycles. The molecule has 0 saturated heterocycles. The molecule has 5 heteroatoms. The monoisotopic (exact) mass is 278 g/mol. The third kappa shape index (κ3) is 5.24. The quantitative estimate of drug-likeness (QED) is 0.587. The zero-order valence-corrected chi connectivity index (χ0v) is 11.3. The Balaban J connectivity index is 2.55. The fraction of sp³-hybridized carbons (Fsp3) is 0.333. The van der Waals surface area contributed by atoms with Crippen molar-refractivity contribution in [3.05, 3.63) is 35.4 Å². The van der Waals surface area contributed by atoms with Crippen molar-refractivity contribution >= 4 is 17.8 Å². The zero-order chi connectivity index (χ0) is 15.0. The summed E-state index contributed by atoms with van der Waals surface area (Å²) in [6.07, 6.45) is 3.10. The normalized spacial score (nSPS) is 10.7. The molecule has 0 aromatic heterocycles. The average Bonchev–Trinajstić information content (AvgIpc) is 2.44. The van der Waals surface area contributed by atoms with E-state index in [1.54, 1.807) is 25.1 Å². The van der Waals surface area contributed by atoms with E-state index in [1.807, 2.05) is 0 Å². The molecular formula is C15H18O5. The lowest BCUT2D eigenvalue weighted by Crippen LogP contribution is -2.06. The number of benzene rings is 1. The number of ether oxygens (including phenoxy) is 1. The maximum absolute atomic E-state index is 11.6. The lowest BCUT2D eigenvalue weighted by Gasteiger charge is -2.02. The Morgan fingerprint density at radius 3 is 2.70 bits per heavy atom. The van der Waals surface area contributed by atoms with E-state index in [1.165, 1.54) is 12.1 Å². The van der Waals surface area contributed by atoms with E-state index < -0.39 is 0 Å². The van der Waals surface area contributed by atoms with Gasteiger partial charge in [-0.2, -0.15) is 0 Å². The van der Waals surface area contributed by atoms with Crippen molar-refractivity contribution in [1.29, 1.82) is 0 Å². The second-order valence-corrected chi connectivity index (χ2v) is 4.15. The van der Waals surface area contributed by atoms with E-state index in [0.29, 0.717) is 17.7 Å². The largest absolute Gasteiger partial charge is 0.508 e. The number of carbonyl (C=O) groups is 2. The maximum atomic E-state index is 11.6. The Bertz CT molecular complexity index is 505. The first-order valence-electron chi connectivity index (χ1n) is 6.36. The van der Waals surface area contributed by atoms with E-state index in [2.05, 4.69) is 0 Å². The summed E-state index contributed by atoms with van der Waals surface area (Å²) in [5.74, 6) is -0.559. The first kappa shape index (κ1) is 15.9. The van der Waals surface area contributed by atoms with Gasteiger partial charge < -0.3 is 14.9 Å². The van der Waals surface area contributed by atoms with Crippen LogP contribution in [-0.2, 0) is 20.9 Å². The van der Waals surface area contributed by atoms with Crippen LogP contribution in [0.25, 0.3) is 6.08 Å². The van der Waals surface area contributed by atoms with Crippen LogP contribution in [0.15, 0.2) is 24.3 Å². The Morgan fingerprint density at radius 1 is 1.30 bits per heavy atom. The van der Waals surface area contributed by atoms with Gasteiger partial charge in [-0.25, -0.2) is 0 Å². The van der Waals surface area contributed by atoms with Crippen LogP contribution in [0.2, 0.25) is 0 Å². The van der Waals surface area contributed by atoms with Gasteiger partial charge in [0.25, 0.3) is 0 Å². The molecule has 0 aliphatic carbocycles. The van der Waals surface area contributed by atoms with Crippen LogP contribution in [0, 0.1) is 0 Å². The molecule has 0 atom stereocenters. The standard InChI is InChI=1S/C15H18O5/c1-2-20-15(19)8-6-13(17)5-3-11-4-7-14(18)12(9-11)10-16/h3-5,7,9,16,18H,2,6,8,10H2,1H3. The number of rotatable bonds is 7. The molecule has 108 valence electrons. The van der Waals surface area contributed by atoms with Crippen LogP contribution in [-0.4, -0.2) is 28.6 Å². The SMILES string of the molecule is CCOC(=O)CCC(=O)C=Cc1ccc(O)c(CO)c1. The summed E-state index contributed by atoms with van der Waals surface area (Å²) in [6.45, 7) is 1.74. The van der Waals surface area contributed by atoms with E-state index in [0.717, 1.165) is 0 Å². The van der Waals surface area contributed by atoms with Gasteiger partial charge >= 0.3 is 5.97 Å². The summed E-state index contributed by atoms with van der Waals surface area (Å²) in [7, 11) is 0. The van der Waals surface area contributed by atoms with Crippen molar-refractivity contribution in [2.45, 2.75) is 26.4 Å². The lowest BCUT2D eigenvalue weighted by molar-refractivity contribution is -0.144. The number of hydrogen-bond donors (Lipinski definition) is 2. The van der Waals surface area contributed by atoms with Crippen LogP contribution in [0.3, 0.4) is 0 Å². The number of phenols is 1. The summed E-state index contributed by atoms with van der Waals surface area (Å²) in [5, 5.41) is 18.4. The summed E-state index contributed by atoms with van der Waals surface area (Å²) in [5.41, 5.74) is 1.09. The molecule has 1 rings (SSSR count). The highest BCUT2D eigenvalue weighted by Crippen LogP contribution is 2.19. The van der Waals surface area contributed by atoms with Crippen molar-refractivity contribution < 1.29 is 24.5 Å². The smallest absolute Gasteiger partial charge is 0.306 e. The number of carbonyl (C=O) groups excluding carboxylic acids is 2. The maximum Gasteiger partial charge on any atom is 0.306 e.